The van der Waals surface area contributed by atoms with Gasteiger partial charge in [0, 0.05) is 16.5 Å². The lowest BCUT2D eigenvalue weighted by molar-refractivity contribution is -0.139. The van der Waals surface area contributed by atoms with E-state index in [2.05, 4.69) is 0 Å². The summed E-state index contributed by atoms with van der Waals surface area (Å²) in [5.41, 5.74) is -0.0115. The van der Waals surface area contributed by atoms with Crippen LogP contribution < -0.4 is 14.2 Å². The normalized spacial score (nSPS) is 12.1. The molecule has 0 heterocycles. The molecule has 0 atom stereocenters. The molecule has 0 radical (unpaired) electrons. The largest absolute Gasteiger partial charge is 0.507 e. The summed E-state index contributed by atoms with van der Waals surface area (Å²) in [4.78, 5) is 53.2. The van der Waals surface area contributed by atoms with Crippen LogP contribution in [0.4, 0.5) is 0 Å². The first-order valence-corrected chi connectivity index (χ1v) is 12.0. The average molecular weight is 545 g/mol. The fraction of sp³-hybridized carbons (Fsp3) is 0.200. The molecule has 0 aliphatic heterocycles. The van der Waals surface area contributed by atoms with Gasteiger partial charge < -0.3 is 28.8 Å². The predicted octanol–water partition coefficient (Wildman–Crippen LogP) is 4.00. The van der Waals surface area contributed by atoms with Crippen LogP contribution in [-0.2, 0) is 20.7 Å². The van der Waals surface area contributed by atoms with Crippen molar-refractivity contribution in [3.8, 4) is 23.0 Å². The highest BCUT2D eigenvalue weighted by molar-refractivity contribution is 6.34. The van der Waals surface area contributed by atoms with Crippen LogP contribution in [0.2, 0.25) is 0 Å². The lowest BCUT2D eigenvalue weighted by Crippen LogP contribution is -2.23. The van der Waals surface area contributed by atoms with Gasteiger partial charge in [-0.25, -0.2) is 4.79 Å². The van der Waals surface area contributed by atoms with Gasteiger partial charge >= 0.3 is 11.9 Å². The molecule has 0 aromatic heterocycles. The van der Waals surface area contributed by atoms with E-state index in [9.17, 15) is 24.3 Å². The molecule has 4 aromatic carbocycles. The standard InChI is InChI=1S/C30H24O10/c1-36-19-8-6-7-13-9-16-24(28(38-3)22(13)19)27(34)25-17(26(16)33)12-15-21(30(35)40-5)14(11-20(32)37-2)10-18(31)23(15)29(25)39-4/h6-10,12,31H,11H2,1-5H3. The number of ketones is 2. The van der Waals surface area contributed by atoms with Crippen molar-refractivity contribution in [2.75, 3.05) is 35.5 Å². The van der Waals surface area contributed by atoms with E-state index in [-0.39, 0.29) is 67.8 Å². The van der Waals surface area contributed by atoms with Gasteiger partial charge in [-0.1, -0.05) is 12.1 Å². The molecule has 0 unspecified atom stereocenters. The first-order chi connectivity index (χ1) is 19.2. The van der Waals surface area contributed by atoms with Gasteiger partial charge in [0.25, 0.3) is 0 Å². The van der Waals surface area contributed by atoms with E-state index < -0.39 is 23.5 Å². The van der Waals surface area contributed by atoms with Crippen LogP contribution in [0.15, 0.2) is 36.4 Å². The van der Waals surface area contributed by atoms with Crippen LogP contribution in [0, 0.1) is 0 Å². The van der Waals surface area contributed by atoms with Gasteiger partial charge in [0.2, 0.25) is 5.78 Å². The van der Waals surface area contributed by atoms with Gasteiger partial charge in [0.1, 0.15) is 23.0 Å². The molecule has 0 saturated carbocycles. The number of fused-ring (bicyclic) bond motifs is 4. The lowest BCUT2D eigenvalue weighted by atomic mass is 9.79. The Morgan fingerprint density at radius 3 is 2.02 bits per heavy atom. The Labute approximate surface area is 228 Å². The minimum Gasteiger partial charge on any atom is -0.507 e. The molecular formula is C30H24O10. The van der Waals surface area contributed by atoms with Crippen LogP contribution in [0.1, 0.15) is 47.8 Å². The van der Waals surface area contributed by atoms with Crippen molar-refractivity contribution in [2.45, 2.75) is 6.42 Å². The highest BCUT2D eigenvalue weighted by atomic mass is 16.5. The number of ether oxygens (including phenoxy) is 5. The van der Waals surface area contributed by atoms with Crippen LogP contribution >= 0.6 is 0 Å². The second-order valence-electron chi connectivity index (χ2n) is 8.98. The van der Waals surface area contributed by atoms with E-state index in [4.69, 9.17) is 23.7 Å². The molecule has 4 aromatic rings. The zero-order valence-electron chi connectivity index (χ0n) is 22.3. The van der Waals surface area contributed by atoms with Gasteiger partial charge in [-0.15, -0.1) is 0 Å². The second kappa shape index (κ2) is 9.88. The first-order valence-electron chi connectivity index (χ1n) is 12.0. The molecule has 5 rings (SSSR count). The summed E-state index contributed by atoms with van der Waals surface area (Å²) in [7, 11) is 6.51. The molecule has 40 heavy (non-hydrogen) atoms. The van der Waals surface area contributed by atoms with Gasteiger partial charge in [-0.3, -0.25) is 14.4 Å². The van der Waals surface area contributed by atoms with Crippen molar-refractivity contribution in [3.63, 3.8) is 0 Å². The third kappa shape index (κ3) is 3.71. The van der Waals surface area contributed by atoms with Gasteiger partial charge in [0.05, 0.1) is 69.4 Å². The van der Waals surface area contributed by atoms with Crippen LogP contribution in [0.3, 0.4) is 0 Å². The molecule has 0 spiro atoms. The SMILES string of the molecule is COC(=O)Cc1cc(O)c2c(OC)c3c(cc2c1C(=O)OC)C(=O)c1cc2cccc(OC)c2c(OC)c1C3=O. The highest BCUT2D eigenvalue weighted by Crippen LogP contribution is 2.48. The number of phenols is 1. The number of hydrogen-bond donors (Lipinski definition) is 1. The Morgan fingerprint density at radius 1 is 0.775 bits per heavy atom. The number of carbonyl (C=O) groups is 4. The molecular weight excluding hydrogens is 520 g/mol. The lowest BCUT2D eigenvalue weighted by Gasteiger charge is -2.25. The van der Waals surface area contributed by atoms with Crippen molar-refractivity contribution >= 4 is 45.0 Å². The van der Waals surface area contributed by atoms with E-state index >= 15 is 0 Å². The molecule has 0 bridgehead atoms. The monoisotopic (exact) mass is 544 g/mol. The minimum absolute atomic E-state index is 0.00259. The Bertz CT molecular complexity index is 1780. The van der Waals surface area contributed by atoms with Gasteiger partial charge in [-0.05, 0) is 35.2 Å². The quantitative estimate of drug-likeness (QED) is 0.313. The summed E-state index contributed by atoms with van der Waals surface area (Å²) in [6.07, 6.45) is -0.357. The van der Waals surface area contributed by atoms with Crippen molar-refractivity contribution in [2.24, 2.45) is 0 Å². The molecule has 0 saturated heterocycles. The van der Waals surface area contributed by atoms with E-state index in [0.717, 1.165) is 7.11 Å². The summed E-state index contributed by atoms with van der Waals surface area (Å²) in [6.45, 7) is 0. The zero-order valence-corrected chi connectivity index (χ0v) is 22.3. The minimum atomic E-state index is -0.819. The fourth-order valence-electron chi connectivity index (χ4n) is 5.35. The zero-order chi connectivity index (χ0) is 28.9. The molecule has 204 valence electrons. The van der Waals surface area contributed by atoms with Crippen molar-refractivity contribution in [1.29, 1.82) is 0 Å². The van der Waals surface area contributed by atoms with Gasteiger partial charge in [0.15, 0.2) is 5.78 Å². The van der Waals surface area contributed by atoms with Gasteiger partial charge in [-0.2, -0.15) is 0 Å². The maximum atomic E-state index is 14.2. The second-order valence-corrected chi connectivity index (χ2v) is 8.98. The topological polar surface area (TPSA) is 135 Å². The maximum absolute atomic E-state index is 14.2. The van der Waals surface area contributed by atoms with E-state index in [1.807, 2.05) is 0 Å². The maximum Gasteiger partial charge on any atom is 0.338 e. The number of esters is 2. The van der Waals surface area contributed by atoms with Crippen LogP contribution in [0.5, 0.6) is 23.0 Å². The number of rotatable bonds is 6. The van der Waals surface area contributed by atoms with Crippen LogP contribution in [-0.4, -0.2) is 64.2 Å². The van der Waals surface area contributed by atoms with E-state index in [0.29, 0.717) is 16.5 Å². The molecule has 1 aliphatic rings. The summed E-state index contributed by atoms with van der Waals surface area (Å²) < 4.78 is 26.5. The third-order valence-corrected chi connectivity index (χ3v) is 7.04. The summed E-state index contributed by atoms with van der Waals surface area (Å²) >= 11 is 0. The third-order valence-electron chi connectivity index (χ3n) is 7.04. The molecule has 10 nitrogen and oxygen atoms in total. The van der Waals surface area contributed by atoms with E-state index in [1.165, 1.54) is 40.6 Å². The number of benzene rings is 4. The molecule has 0 amide bonds. The number of carbonyl (C=O) groups excluding carboxylic acids is 4. The Balaban J connectivity index is 1.91. The van der Waals surface area contributed by atoms with Crippen molar-refractivity contribution in [1.82, 2.24) is 0 Å². The van der Waals surface area contributed by atoms with Crippen LogP contribution in [0.25, 0.3) is 21.5 Å². The molecule has 1 aliphatic carbocycles. The molecule has 1 N–H and O–H groups in total. The molecule has 0 fully saturated rings. The Kier molecular flexibility index (Phi) is 6.54. The summed E-state index contributed by atoms with van der Waals surface area (Å²) in [6, 6.07) is 9.37. The first kappa shape index (κ1) is 26.5. The number of aromatic hydroxyl groups is 1. The fourth-order valence-corrected chi connectivity index (χ4v) is 5.35. The number of hydrogen-bond acceptors (Lipinski definition) is 10. The summed E-state index contributed by atoms with van der Waals surface area (Å²) in [5.74, 6) is -2.47. The highest BCUT2D eigenvalue weighted by Gasteiger charge is 2.39. The number of methoxy groups -OCH3 is 5. The number of phenolic OH excluding ortho intramolecular Hbond substituents is 1. The molecule has 10 heteroatoms. The van der Waals surface area contributed by atoms with Crippen molar-refractivity contribution < 1.29 is 48.0 Å². The predicted molar refractivity (Wildman–Crippen MR) is 143 cm³/mol. The van der Waals surface area contributed by atoms with Crippen molar-refractivity contribution in [3.05, 3.63) is 69.8 Å². The Hall–Kier alpha value is -5.12. The Morgan fingerprint density at radius 2 is 1.43 bits per heavy atom. The smallest absolute Gasteiger partial charge is 0.338 e. The van der Waals surface area contributed by atoms with E-state index in [1.54, 1.807) is 24.3 Å². The average Bonchev–Trinajstić information content (AvgIpc) is 2.96. The summed E-state index contributed by atoms with van der Waals surface area (Å²) in [5, 5.41) is 12.3.